The van der Waals surface area contributed by atoms with Crippen LogP contribution in [0, 0.1) is 13.8 Å². The summed E-state index contributed by atoms with van der Waals surface area (Å²) in [5.41, 5.74) is 1.81. The molecule has 210 valence electrons. The summed E-state index contributed by atoms with van der Waals surface area (Å²) < 4.78 is 57.0. The van der Waals surface area contributed by atoms with Crippen molar-refractivity contribution < 1.29 is 26.4 Å². The Labute approximate surface area is 226 Å². The molecule has 0 bridgehead atoms. The van der Waals surface area contributed by atoms with Gasteiger partial charge in [0, 0.05) is 35.5 Å². The second kappa shape index (κ2) is 10.7. The topological polar surface area (TPSA) is 151 Å². The van der Waals surface area contributed by atoms with Crippen molar-refractivity contribution in [2.75, 3.05) is 0 Å². The maximum absolute atomic E-state index is 12.8. The lowest BCUT2D eigenvalue weighted by atomic mass is 10.2. The fraction of sp³-hybridized carbons (Fsp3) is 0.545. The molecule has 0 saturated heterocycles. The van der Waals surface area contributed by atoms with Gasteiger partial charge in [-0.1, -0.05) is 0 Å². The normalized spacial score (nSPS) is 13.7. The Morgan fingerprint density at radius 1 is 0.974 bits per heavy atom. The number of hydrogen-bond donors (Lipinski definition) is 0. The first kappa shape index (κ1) is 29.6. The lowest BCUT2D eigenvalue weighted by Gasteiger charge is -2.24. The Hall–Kier alpha value is -2.91. The first-order valence-electron chi connectivity index (χ1n) is 11.8. The van der Waals surface area contributed by atoms with Gasteiger partial charge in [0.1, 0.15) is 15.4 Å². The number of fused-ring (bicyclic) bond motifs is 1. The van der Waals surface area contributed by atoms with Crippen LogP contribution in [0.3, 0.4) is 0 Å². The highest BCUT2D eigenvalue weighted by atomic mass is 35.7. The smallest absolute Gasteiger partial charge is 0.410 e. The number of nitrogens with zero attached hydrogens (tertiary/aromatic N) is 7. The van der Waals surface area contributed by atoms with E-state index in [4.69, 9.17) is 15.4 Å². The van der Waals surface area contributed by atoms with Crippen molar-refractivity contribution in [3.63, 3.8) is 0 Å². The van der Waals surface area contributed by atoms with E-state index in [9.17, 15) is 21.6 Å². The van der Waals surface area contributed by atoms with Gasteiger partial charge in [0.2, 0.25) is 0 Å². The second-order valence-corrected chi connectivity index (χ2v) is 13.9. The fourth-order valence-corrected chi connectivity index (χ4v) is 6.21. The monoisotopic (exact) mass is 589 g/mol. The van der Waals surface area contributed by atoms with Gasteiger partial charge in [0.15, 0.2) is 0 Å². The SMILES string of the molecule is CCn1ncc(S(=O)(=O)Cl)c1C.CCn1ncc(S(=O)(=O)n2cc3c(n2)CN(C(=O)OC(C)(C)C)C3)c1C. The summed E-state index contributed by atoms with van der Waals surface area (Å²) in [5, 5.41) is 12.1. The molecule has 4 heterocycles. The minimum Gasteiger partial charge on any atom is -0.444 e. The highest BCUT2D eigenvalue weighted by molar-refractivity contribution is 8.13. The molecule has 0 aromatic carbocycles. The van der Waals surface area contributed by atoms with Gasteiger partial charge in [-0.05, 0) is 48.5 Å². The highest BCUT2D eigenvalue weighted by Gasteiger charge is 2.32. The molecule has 0 saturated carbocycles. The minimum absolute atomic E-state index is 0.0889. The Balaban J connectivity index is 0.000000279. The molecular weight excluding hydrogens is 558 g/mol. The van der Waals surface area contributed by atoms with Crippen LogP contribution in [-0.2, 0) is 50.0 Å². The molecule has 16 heteroatoms. The summed E-state index contributed by atoms with van der Waals surface area (Å²) in [4.78, 5) is 13.9. The largest absolute Gasteiger partial charge is 0.444 e. The molecule has 3 aromatic rings. The lowest BCUT2D eigenvalue weighted by Crippen LogP contribution is -2.33. The van der Waals surface area contributed by atoms with Gasteiger partial charge in [-0.3, -0.25) is 14.3 Å². The predicted octanol–water partition coefficient (Wildman–Crippen LogP) is 3.03. The minimum atomic E-state index is -3.82. The van der Waals surface area contributed by atoms with Crippen LogP contribution in [0.15, 0.2) is 28.4 Å². The number of halogens is 1. The molecule has 0 unspecified atom stereocenters. The maximum Gasteiger partial charge on any atom is 0.410 e. The average Bonchev–Trinajstić information content (AvgIpc) is 3.54. The fourth-order valence-electron chi connectivity index (χ4n) is 3.80. The Morgan fingerprint density at radius 3 is 1.92 bits per heavy atom. The number of aryl methyl sites for hydroxylation is 2. The molecule has 0 atom stereocenters. The molecule has 38 heavy (non-hydrogen) atoms. The van der Waals surface area contributed by atoms with Crippen molar-refractivity contribution in [3.05, 3.63) is 41.2 Å². The molecule has 0 aliphatic carbocycles. The molecular formula is C22H32ClN7O6S2. The molecule has 4 rings (SSSR count). The lowest BCUT2D eigenvalue weighted by molar-refractivity contribution is 0.0239. The number of amides is 1. The third-order valence-corrected chi connectivity index (χ3v) is 8.77. The standard InChI is InChI=1S/C16H23N5O4S.C6H9ClN2O2S/c1-6-20-11(2)14(7-17-20)26(23,24)21-9-12-8-19(10-13(12)18-21)15(22)25-16(3,4)5;1-3-9-5(2)6(4-8-9)12(7,10)11/h7,9H,6,8,10H2,1-5H3;4H,3H2,1-2H3. The predicted molar refractivity (Wildman–Crippen MR) is 139 cm³/mol. The number of carbonyl (C=O) groups is 1. The number of carbonyl (C=O) groups excluding carboxylic acids is 1. The van der Waals surface area contributed by atoms with Crippen molar-refractivity contribution in [1.82, 2.24) is 33.6 Å². The van der Waals surface area contributed by atoms with E-state index in [2.05, 4.69) is 15.3 Å². The first-order chi connectivity index (χ1) is 17.5. The van der Waals surface area contributed by atoms with Gasteiger partial charge in [0.25, 0.3) is 19.1 Å². The Bertz CT molecular complexity index is 1530. The van der Waals surface area contributed by atoms with Crippen molar-refractivity contribution in [3.8, 4) is 0 Å². The molecule has 0 radical (unpaired) electrons. The van der Waals surface area contributed by atoms with E-state index in [-0.39, 0.29) is 22.9 Å². The molecule has 13 nitrogen and oxygen atoms in total. The van der Waals surface area contributed by atoms with Crippen molar-refractivity contribution in [2.45, 2.75) is 90.0 Å². The number of aromatic nitrogens is 6. The first-order valence-corrected chi connectivity index (χ1v) is 15.5. The van der Waals surface area contributed by atoms with E-state index in [0.29, 0.717) is 35.7 Å². The van der Waals surface area contributed by atoms with E-state index in [1.54, 1.807) is 44.0 Å². The summed E-state index contributed by atoms with van der Waals surface area (Å²) in [6, 6.07) is 0. The molecule has 0 N–H and O–H groups in total. The van der Waals surface area contributed by atoms with E-state index in [0.717, 1.165) is 4.09 Å². The van der Waals surface area contributed by atoms with Gasteiger partial charge in [0.05, 0.1) is 42.6 Å². The van der Waals surface area contributed by atoms with Crippen LogP contribution in [0.4, 0.5) is 4.79 Å². The van der Waals surface area contributed by atoms with Crippen LogP contribution in [0.25, 0.3) is 0 Å². The summed E-state index contributed by atoms with van der Waals surface area (Å²) in [7, 11) is -2.30. The van der Waals surface area contributed by atoms with E-state index < -0.39 is 30.8 Å². The van der Waals surface area contributed by atoms with Crippen LogP contribution >= 0.6 is 10.7 Å². The van der Waals surface area contributed by atoms with E-state index in [1.807, 2.05) is 13.8 Å². The number of rotatable bonds is 5. The molecule has 1 aliphatic heterocycles. The summed E-state index contributed by atoms with van der Waals surface area (Å²) in [5.74, 6) is 0. The molecule has 3 aromatic heterocycles. The van der Waals surface area contributed by atoms with Gasteiger partial charge in [-0.25, -0.2) is 13.2 Å². The number of ether oxygens (including phenoxy) is 1. The van der Waals surface area contributed by atoms with Crippen LogP contribution in [0.2, 0.25) is 0 Å². The maximum atomic E-state index is 12.8. The molecule has 1 amide bonds. The van der Waals surface area contributed by atoms with Crippen molar-refractivity contribution in [2.24, 2.45) is 0 Å². The third kappa shape index (κ3) is 6.21. The molecule has 0 fully saturated rings. The van der Waals surface area contributed by atoms with Gasteiger partial charge >= 0.3 is 6.09 Å². The van der Waals surface area contributed by atoms with E-state index >= 15 is 0 Å². The average molecular weight is 590 g/mol. The Kier molecular flexibility index (Phi) is 8.34. The zero-order valence-electron chi connectivity index (χ0n) is 22.3. The van der Waals surface area contributed by atoms with Crippen LogP contribution in [0.5, 0.6) is 0 Å². The quantitative estimate of drug-likeness (QED) is 0.409. The summed E-state index contributed by atoms with van der Waals surface area (Å²) >= 11 is 0. The molecule has 1 aliphatic rings. The Morgan fingerprint density at radius 2 is 1.50 bits per heavy atom. The van der Waals surface area contributed by atoms with Gasteiger partial charge < -0.3 is 4.74 Å². The zero-order valence-corrected chi connectivity index (χ0v) is 24.7. The zero-order chi connectivity index (χ0) is 28.6. The third-order valence-electron chi connectivity index (χ3n) is 5.71. The van der Waals surface area contributed by atoms with Crippen molar-refractivity contribution in [1.29, 1.82) is 0 Å². The second-order valence-electron chi connectivity index (χ2n) is 9.57. The van der Waals surface area contributed by atoms with Crippen LogP contribution < -0.4 is 0 Å². The van der Waals surface area contributed by atoms with Gasteiger partial charge in [-0.2, -0.15) is 27.8 Å². The van der Waals surface area contributed by atoms with Crippen LogP contribution in [0.1, 0.15) is 57.3 Å². The molecule has 0 spiro atoms. The van der Waals surface area contributed by atoms with E-state index in [1.165, 1.54) is 23.5 Å². The summed E-state index contributed by atoms with van der Waals surface area (Å²) in [6.07, 6.45) is 3.62. The van der Waals surface area contributed by atoms with Gasteiger partial charge in [-0.15, -0.1) is 0 Å². The highest BCUT2D eigenvalue weighted by Crippen LogP contribution is 2.26. The van der Waals surface area contributed by atoms with Crippen molar-refractivity contribution >= 4 is 35.8 Å². The number of hydrogen-bond acceptors (Lipinski definition) is 9. The van der Waals surface area contributed by atoms with Crippen LogP contribution in [-0.4, -0.2) is 62.2 Å². The summed E-state index contributed by atoms with van der Waals surface area (Å²) in [6.45, 7) is 14.3.